The van der Waals surface area contributed by atoms with Gasteiger partial charge in [0.25, 0.3) is 6.43 Å². The predicted molar refractivity (Wildman–Crippen MR) is 89.8 cm³/mol. The molecule has 0 spiro atoms. The molecule has 3 rings (SSSR count). The van der Waals surface area contributed by atoms with E-state index in [-0.39, 0.29) is 16.4 Å². The molecule has 0 bridgehead atoms. The number of aromatic amines is 1. The van der Waals surface area contributed by atoms with Gasteiger partial charge in [-0.15, -0.1) is 0 Å². The molecule has 136 valence electrons. The lowest BCUT2D eigenvalue weighted by molar-refractivity contribution is 0.136. The van der Waals surface area contributed by atoms with Gasteiger partial charge in [0.05, 0.1) is 11.2 Å². The summed E-state index contributed by atoms with van der Waals surface area (Å²) in [6.07, 6.45) is -1.61. The number of hydrogen-bond donors (Lipinski definition) is 1. The maximum atomic E-state index is 13.1. The Morgan fingerprint density at radius 1 is 1.38 bits per heavy atom. The second-order valence-corrected chi connectivity index (χ2v) is 5.71. The maximum Gasteiger partial charge on any atom is 0.299 e. The number of furan rings is 1. The van der Waals surface area contributed by atoms with Crippen molar-refractivity contribution >= 4 is 30.0 Å². The van der Waals surface area contributed by atoms with Gasteiger partial charge in [0.1, 0.15) is 29.7 Å². The van der Waals surface area contributed by atoms with E-state index in [1.54, 1.807) is 12.1 Å². The Morgan fingerprint density at radius 3 is 2.92 bits per heavy atom. The summed E-state index contributed by atoms with van der Waals surface area (Å²) in [4.78, 5) is 0. The van der Waals surface area contributed by atoms with Gasteiger partial charge in [0, 0.05) is 6.07 Å². The normalized spacial score (nSPS) is 11.6. The van der Waals surface area contributed by atoms with Crippen molar-refractivity contribution in [1.29, 1.82) is 0 Å². The molecular weight excluding hydrogens is 393 g/mol. The van der Waals surface area contributed by atoms with E-state index in [4.69, 9.17) is 33.0 Å². The van der Waals surface area contributed by atoms with Crippen molar-refractivity contribution in [2.75, 3.05) is 0 Å². The summed E-state index contributed by atoms with van der Waals surface area (Å²) in [6.45, 7) is 0.0588. The molecule has 26 heavy (non-hydrogen) atoms. The van der Waals surface area contributed by atoms with E-state index >= 15 is 0 Å². The smallest absolute Gasteiger partial charge is 0.299 e. The van der Waals surface area contributed by atoms with Crippen LogP contribution in [0.3, 0.4) is 0 Å². The molecule has 0 amide bonds. The summed E-state index contributed by atoms with van der Waals surface area (Å²) in [7, 11) is 0. The summed E-state index contributed by atoms with van der Waals surface area (Å²) in [5.41, 5.74) is 0. The summed E-state index contributed by atoms with van der Waals surface area (Å²) in [6, 6.07) is 7.15. The average molecular weight is 403 g/mol. The van der Waals surface area contributed by atoms with Crippen LogP contribution >= 0.6 is 23.8 Å². The van der Waals surface area contributed by atoms with Crippen LogP contribution in [0.2, 0.25) is 5.02 Å². The molecule has 0 aliphatic carbocycles. The Kier molecular flexibility index (Phi) is 5.43. The number of hydrogen-bond acceptors (Lipinski definition) is 5. The first-order chi connectivity index (χ1) is 12.4. The third-order valence-electron chi connectivity index (χ3n) is 3.13. The topological polar surface area (TPSA) is 68.3 Å². The molecule has 6 nitrogen and oxygen atoms in total. The Bertz CT molecular complexity index is 999. The zero-order valence-electron chi connectivity index (χ0n) is 12.8. The van der Waals surface area contributed by atoms with Gasteiger partial charge in [0.15, 0.2) is 0 Å². The lowest BCUT2D eigenvalue weighted by Gasteiger charge is -2.04. The van der Waals surface area contributed by atoms with Crippen LogP contribution < -0.4 is 4.74 Å². The molecule has 0 fully saturated rings. The minimum absolute atomic E-state index is 0.0542. The van der Waals surface area contributed by atoms with E-state index in [1.165, 1.54) is 24.4 Å². The quantitative estimate of drug-likeness (QED) is 0.478. The number of rotatable bonds is 6. The standard InChI is InChI=1S/C15H10ClF3N4O2S/c16-11-5-8(3-4-12(11)17)24-7-10-2-1-9(25-10)6-20-23-14(13(18)19)21-22-15(23)26/h1-6,13H,7H2,(H,22,26). The second kappa shape index (κ2) is 7.75. The number of nitrogens with one attached hydrogen (secondary N) is 1. The molecule has 2 heterocycles. The first-order valence-corrected chi connectivity index (χ1v) is 7.89. The van der Waals surface area contributed by atoms with Crippen LogP contribution in [0.5, 0.6) is 5.75 Å². The highest BCUT2D eigenvalue weighted by atomic mass is 35.5. The molecule has 0 aliphatic rings. The van der Waals surface area contributed by atoms with Gasteiger partial charge < -0.3 is 9.15 Å². The molecule has 2 aromatic heterocycles. The molecule has 11 heteroatoms. The highest BCUT2D eigenvalue weighted by Crippen LogP contribution is 2.22. The average Bonchev–Trinajstić information content (AvgIpc) is 3.20. The SMILES string of the molecule is Fc1ccc(OCc2ccc(C=Nn3c(C(F)F)n[nH]c3=S)o2)cc1Cl. The molecule has 0 saturated carbocycles. The van der Waals surface area contributed by atoms with Gasteiger partial charge in [-0.25, -0.2) is 18.3 Å². The molecule has 0 radical (unpaired) electrons. The molecule has 0 unspecified atom stereocenters. The molecule has 0 saturated heterocycles. The van der Waals surface area contributed by atoms with Gasteiger partial charge in [-0.3, -0.25) is 0 Å². The Balaban J connectivity index is 1.67. The summed E-state index contributed by atoms with van der Waals surface area (Å²) < 4.78 is 50.3. The van der Waals surface area contributed by atoms with Gasteiger partial charge in [0.2, 0.25) is 10.6 Å². The highest BCUT2D eigenvalue weighted by Gasteiger charge is 2.16. The minimum atomic E-state index is -2.83. The lowest BCUT2D eigenvalue weighted by Crippen LogP contribution is -1.99. The Morgan fingerprint density at radius 2 is 2.19 bits per heavy atom. The molecule has 3 aromatic rings. The summed E-state index contributed by atoms with van der Waals surface area (Å²) in [5.74, 6) is -0.0405. The molecule has 1 aromatic carbocycles. The third kappa shape index (κ3) is 4.14. The van der Waals surface area contributed by atoms with Gasteiger partial charge >= 0.3 is 0 Å². The number of alkyl halides is 2. The summed E-state index contributed by atoms with van der Waals surface area (Å²) >= 11 is 10.5. The Labute approximate surface area is 154 Å². The zero-order valence-corrected chi connectivity index (χ0v) is 14.4. The molecule has 0 aliphatic heterocycles. The van der Waals surface area contributed by atoms with Crippen LogP contribution in [0.1, 0.15) is 23.8 Å². The summed E-state index contributed by atoms with van der Waals surface area (Å²) in [5, 5.41) is 9.42. The first-order valence-electron chi connectivity index (χ1n) is 7.10. The number of aromatic nitrogens is 3. The first kappa shape index (κ1) is 18.2. The predicted octanol–water partition coefficient (Wildman–Crippen LogP) is 4.72. The van der Waals surface area contributed by atoms with E-state index in [9.17, 15) is 13.2 Å². The fraction of sp³-hybridized carbons (Fsp3) is 0.133. The number of benzene rings is 1. The third-order valence-corrected chi connectivity index (χ3v) is 3.68. The number of nitrogens with zero attached hydrogens (tertiary/aromatic N) is 3. The van der Waals surface area contributed by atoms with Gasteiger partial charge in [-0.1, -0.05) is 11.6 Å². The van der Waals surface area contributed by atoms with Crippen LogP contribution in [-0.4, -0.2) is 21.1 Å². The van der Waals surface area contributed by atoms with Crippen molar-refractivity contribution in [2.24, 2.45) is 5.10 Å². The van der Waals surface area contributed by atoms with Crippen molar-refractivity contribution < 1.29 is 22.3 Å². The van der Waals surface area contributed by atoms with Gasteiger partial charge in [-0.2, -0.15) is 14.9 Å². The van der Waals surface area contributed by atoms with Crippen molar-refractivity contribution in [3.05, 3.63) is 63.3 Å². The number of H-pyrrole nitrogens is 1. The zero-order chi connectivity index (χ0) is 18.7. The lowest BCUT2D eigenvalue weighted by atomic mass is 10.3. The minimum Gasteiger partial charge on any atom is -0.486 e. The fourth-order valence-electron chi connectivity index (χ4n) is 1.93. The van der Waals surface area contributed by atoms with E-state index in [1.807, 2.05) is 0 Å². The van der Waals surface area contributed by atoms with E-state index in [0.29, 0.717) is 17.3 Å². The second-order valence-electron chi connectivity index (χ2n) is 4.91. The van der Waals surface area contributed by atoms with Crippen molar-refractivity contribution in [3.63, 3.8) is 0 Å². The Hall–Kier alpha value is -2.59. The van der Waals surface area contributed by atoms with Crippen molar-refractivity contribution in [3.8, 4) is 5.75 Å². The van der Waals surface area contributed by atoms with E-state index < -0.39 is 18.1 Å². The molecular formula is C15H10ClF3N4O2S. The van der Waals surface area contributed by atoms with Crippen molar-refractivity contribution in [1.82, 2.24) is 14.9 Å². The van der Waals surface area contributed by atoms with Crippen LogP contribution in [0.4, 0.5) is 13.2 Å². The van der Waals surface area contributed by atoms with E-state index in [2.05, 4.69) is 15.3 Å². The van der Waals surface area contributed by atoms with E-state index in [0.717, 1.165) is 4.68 Å². The van der Waals surface area contributed by atoms with Crippen molar-refractivity contribution in [2.45, 2.75) is 13.0 Å². The highest BCUT2D eigenvalue weighted by molar-refractivity contribution is 7.71. The molecule has 0 atom stereocenters. The monoisotopic (exact) mass is 402 g/mol. The van der Waals surface area contributed by atoms with Crippen LogP contribution in [0.15, 0.2) is 39.9 Å². The van der Waals surface area contributed by atoms with Gasteiger partial charge in [-0.05, 0) is 36.5 Å². The van der Waals surface area contributed by atoms with Crippen LogP contribution in [-0.2, 0) is 6.61 Å². The maximum absolute atomic E-state index is 13.1. The fourth-order valence-corrected chi connectivity index (χ4v) is 2.29. The van der Waals surface area contributed by atoms with Crippen LogP contribution in [0, 0.1) is 10.6 Å². The number of ether oxygens (including phenoxy) is 1. The molecule has 1 N–H and O–H groups in total. The number of halogens is 4. The largest absolute Gasteiger partial charge is 0.486 e. The van der Waals surface area contributed by atoms with Crippen LogP contribution in [0.25, 0.3) is 0 Å².